The number of hydrogen-bond donors (Lipinski definition) is 1. The van der Waals surface area contributed by atoms with Crippen LogP contribution in [0.25, 0.3) is 0 Å². The molecule has 3 nitrogen and oxygen atoms in total. The molecule has 0 amide bonds. The van der Waals surface area contributed by atoms with E-state index in [1.165, 1.54) is 5.01 Å². The molecule has 1 heterocycles. The first-order valence-corrected chi connectivity index (χ1v) is 6.90. The van der Waals surface area contributed by atoms with Crippen LogP contribution in [0.5, 0.6) is 0 Å². The lowest BCUT2D eigenvalue weighted by Crippen LogP contribution is -2.27. The maximum atomic E-state index is 8.67. The van der Waals surface area contributed by atoms with Crippen molar-refractivity contribution in [3.8, 4) is 6.07 Å². The molecule has 0 aliphatic rings. The highest BCUT2D eigenvalue weighted by Crippen LogP contribution is 2.25. The Labute approximate surface area is 108 Å². The monoisotopic (exact) mass is 251 g/mol. The molecule has 17 heavy (non-hydrogen) atoms. The summed E-state index contributed by atoms with van der Waals surface area (Å²) in [5.41, 5.74) is 1.20. The van der Waals surface area contributed by atoms with Crippen molar-refractivity contribution in [1.29, 1.82) is 5.26 Å². The van der Waals surface area contributed by atoms with Crippen molar-refractivity contribution in [2.45, 2.75) is 58.5 Å². The van der Waals surface area contributed by atoms with Gasteiger partial charge in [0.1, 0.15) is 0 Å². The van der Waals surface area contributed by atoms with Crippen LogP contribution in [0.1, 0.15) is 51.2 Å². The molecule has 0 aromatic carbocycles. The number of aromatic nitrogens is 1. The predicted molar refractivity (Wildman–Crippen MR) is 72.0 cm³/mol. The summed E-state index contributed by atoms with van der Waals surface area (Å²) in [6.07, 6.45) is 1.54. The molecule has 0 aliphatic carbocycles. The molecule has 0 saturated heterocycles. The minimum Gasteiger partial charge on any atom is -0.307 e. The van der Waals surface area contributed by atoms with E-state index in [2.05, 4.69) is 49.4 Å². The molecule has 0 aliphatic heterocycles. The van der Waals surface area contributed by atoms with Crippen LogP contribution in [-0.2, 0) is 12.0 Å². The third-order valence-electron chi connectivity index (χ3n) is 2.60. The van der Waals surface area contributed by atoms with Gasteiger partial charge in [0.25, 0.3) is 0 Å². The molecule has 1 N–H and O–H groups in total. The van der Waals surface area contributed by atoms with Crippen molar-refractivity contribution >= 4 is 11.3 Å². The Bertz CT molecular complexity index is 384. The standard InChI is InChI=1S/C13H21N3S/c1-5-10(6-7-14)15-8-11-9-17-12(16-11)13(2,3)4/h9-10,15H,5-6,8H2,1-4H3. The first-order chi connectivity index (χ1) is 7.97. The largest absolute Gasteiger partial charge is 0.307 e. The van der Waals surface area contributed by atoms with Crippen LogP contribution in [0.15, 0.2) is 5.38 Å². The zero-order chi connectivity index (χ0) is 12.9. The lowest BCUT2D eigenvalue weighted by atomic mass is 9.98. The van der Waals surface area contributed by atoms with Gasteiger partial charge in [0.2, 0.25) is 0 Å². The molecule has 1 atom stereocenters. The first kappa shape index (κ1) is 14.1. The second-order valence-corrected chi connectivity index (χ2v) is 6.10. The first-order valence-electron chi connectivity index (χ1n) is 6.02. The molecule has 1 aromatic heterocycles. The van der Waals surface area contributed by atoms with Crippen LogP contribution in [0, 0.1) is 11.3 Å². The number of nitrogens with zero attached hydrogens (tertiary/aromatic N) is 2. The van der Waals surface area contributed by atoms with E-state index in [-0.39, 0.29) is 11.5 Å². The molecule has 1 aromatic rings. The zero-order valence-corrected chi connectivity index (χ0v) is 11.9. The van der Waals surface area contributed by atoms with Crippen molar-refractivity contribution in [2.24, 2.45) is 0 Å². The van der Waals surface area contributed by atoms with Crippen molar-refractivity contribution in [3.05, 3.63) is 16.1 Å². The van der Waals surface area contributed by atoms with Gasteiger partial charge in [0.05, 0.1) is 23.2 Å². The third kappa shape index (κ3) is 4.45. The van der Waals surface area contributed by atoms with Crippen molar-refractivity contribution in [2.75, 3.05) is 0 Å². The highest BCUT2D eigenvalue weighted by molar-refractivity contribution is 7.09. The fraction of sp³-hybridized carbons (Fsp3) is 0.692. The van der Waals surface area contributed by atoms with Crippen LogP contribution in [-0.4, -0.2) is 11.0 Å². The highest BCUT2D eigenvalue weighted by atomic mass is 32.1. The van der Waals surface area contributed by atoms with E-state index < -0.39 is 0 Å². The summed E-state index contributed by atoms with van der Waals surface area (Å²) in [7, 11) is 0. The molecular formula is C13H21N3S. The summed E-state index contributed by atoms with van der Waals surface area (Å²) in [4.78, 5) is 4.62. The van der Waals surface area contributed by atoms with E-state index in [0.29, 0.717) is 6.42 Å². The number of rotatable bonds is 5. The van der Waals surface area contributed by atoms with Gasteiger partial charge < -0.3 is 5.32 Å². The van der Waals surface area contributed by atoms with E-state index in [0.717, 1.165) is 18.7 Å². The van der Waals surface area contributed by atoms with Crippen molar-refractivity contribution in [3.63, 3.8) is 0 Å². The van der Waals surface area contributed by atoms with E-state index >= 15 is 0 Å². The van der Waals surface area contributed by atoms with Crippen molar-refractivity contribution in [1.82, 2.24) is 10.3 Å². The minimum atomic E-state index is 0.125. The van der Waals surface area contributed by atoms with Crippen LogP contribution in [0.3, 0.4) is 0 Å². The van der Waals surface area contributed by atoms with Gasteiger partial charge in [-0.05, 0) is 6.42 Å². The average molecular weight is 251 g/mol. The summed E-state index contributed by atoms with van der Waals surface area (Å²) in [5, 5.41) is 15.3. The highest BCUT2D eigenvalue weighted by Gasteiger charge is 2.18. The van der Waals surface area contributed by atoms with E-state index in [9.17, 15) is 0 Å². The van der Waals surface area contributed by atoms with Crippen molar-refractivity contribution < 1.29 is 0 Å². The average Bonchev–Trinajstić information content (AvgIpc) is 2.72. The van der Waals surface area contributed by atoms with Crippen LogP contribution >= 0.6 is 11.3 Å². The van der Waals surface area contributed by atoms with E-state index in [1.54, 1.807) is 11.3 Å². The maximum absolute atomic E-state index is 8.67. The van der Waals surface area contributed by atoms with Gasteiger partial charge in [0.15, 0.2) is 0 Å². The SMILES string of the molecule is CCC(CC#N)NCc1csc(C(C)(C)C)n1. The van der Waals surface area contributed by atoms with Gasteiger partial charge in [-0.25, -0.2) is 4.98 Å². The van der Waals surface area contributed by atoms with E-state index in [1.807, 2.05) is 0 Å². The minimum absolute atomic E-state index is 0.125. The topological polar surface area (TPSA) is 48.7 Å². The van der Waals surface area contributed by atoms with Gasteiger partial charge in [-0.2, -0.15) is 5.26 Å². The van der Waals surface area contributed by atoms with Gasteiger partial charge >= 0.3 is 0 Å². The fourth-order valence-electron chi connectivity index (χ4n) is 1.45. The predicted octanol–water partition coefficient (Wildman–Crippen LogP) is 3.22. The molecule has 0 spiro atoms. The Hall–Kier alpha value is -0.920. The van der Waals surface area contributed by atoms with Crippen LogP contribution in [0.2, 0.25) is 0 Å². The summed E-state index contributed by atoms with van der Waals surface area (Å²) >= 11 is 1.71. The maximum Gasteiger partial charge on any atom is 0.0982 e. The molecule has 0 fully saturated rings. The molecule has 0 saturated carbocycles. The summed E-state index contributed by atoms with van der Waals surface area (Å²) in [6, 6.07) is 2.48. The van der Waals surface area contributed by atoms with Gasteiger partial charge in [-0.3, -0.25) is 0 Å². The van der Waals surface area contributed by atoms with Gasteiger partial charge in [-0.1, -0.05) is 27.7 Å². The molecule has 1 rings (SSSR count). The molecule has 1 unspecified atom stereocenters. The fourth-order valence-corrected chi connectivity index (χ4v) is 2.36. The number of thiazole rings is 1. The Morgan fingerprint density at radius 3 is 2.71 bits per heavy atom. The van der Waals surface area contributed by atoms with Gasteiger partial charge in [0, 0.05) is 23.4 Å². The second-order valence-electron chi connectivity index (χ2n) is 5.24. The lowest BCUT2D eigenvalue weighted by Gasteiger charge is -2.14. The molecular weight excluding hydrogens is 230 g/mol. The normalized spacial score (nSPS) is 13.4. The third-order valence-corrected chi connectivity index (χ3v) is 3.91. The Kier molecular flexibility index (Phi) is 5.10. The number of nitriles is 1. The summed E-state index contributed by atoms with van der Waals surface area (Å²) in [6.45, 7) is 9.37. The zero-order valence-electron chi connectivity index (χ0n) is 11.1. The van der Waals surface area contributed by atoms with Crippen LogP contribution in [0.4, 0.5) is 0 Å². The van der Waals surface area contributed by atoms with Crippen LogP contribution < -0.4 is 5.32 Å². The molecule has 4 heteroatoms. The number of hydrogen-bond acceptors (Lipinski definition) is 4. The summed E-state index contributed by atoms with van der Waals surface area (Å²) in [5.74, 6) is 0. The molecule has 0 bridgehead atoms. The quantitative estimate of drug-likeness (QED) is 0.874. The Morgan fingerprint density at radius 2 is 2.24 bits per heavy atom. The Morgan fingerprint density at radius 1 is 1.53 bits per heavy atom. The Balaban J connectivity index is 2.53. The summed E-state index contributed by atoms with van der Waals surface area (Å²) < 4.78 is 0. The lowest BCUT2D eigenvalue weighted by molar-refractivity contribution is 0.499. The van der Waals surface area contributed by atoms with Gasteiger partial charge in [-0.15, -0.1) is 11.3 Å². The molecule has 0 radical (unpaired) electrons. The molecule has 94 valence electrons. The number of nitrogens with one attached hydrogen (secondary N) is 1. The van der Waals surface area contributed by atoms with E-state index in [4.69, 9.17) is 5.26 Å². The smallest absolute Gasteiger partial charge is 0.0982 e. The second kappa shape index (κ2) is 6.13.